The second-order valence-corrected chi connectivity index (χ2v) is 9.76. The first-order valence-corrected chi connectivity index (χ1v) is 11.2. The van der Waals surface area contributed by atoms with E-state index in [1.54, 1.807) is 12.1 Å². The molecule has 1 spiro atoms. The Bertz CT molecular complexity index is 1030. The van der Waals surface area contributed by atoms with Crippen molar-refractivity contribution < 1.29 is 44.5 Å². The Hall–Kier alpha value is -2.21. The minimum Gasteiger partial charge on any atom is -0.482 e. The lowest BCUT2D eigenvalue weighted by atomic mass is 9.53. The third-order valence-electron chi connectivity index (χ3n) is 8.19. The second-order valence-electron chi connectivity index (χ2n) is 9.76. The van der Waals surface area contributed by atoms with Gasteiger partial charge in [-0.3, -0.25) is 0 Å². The van der Waals surface area contributed by atoms with Crippen molar-refractivity contribution in [2.75, 3.05) is 13.6 Å². The van der Waals surface area contributed by atoms with Gasteiger partial charge < -0.3 is 44.6 Å². The molecule has 10 atom stereocenters. The van der Waals surface area contributed by atoms with Gasteiger partial charge in [-0.2, -0.15) is 0 Å². The average Bonchev–Trinajstić information content (AvgIpc) is 3.14. The summed E-state index contributed by atoms with van der Waals surface area (Å²) >= 11 is 0. The molecule has 2 bridgehead atoms. The SMILES string of the molecule is CN1CC[C@@]23c4c5ccc(O[C@@H]6O[C@H](C(=O)O)[C@@H](O)[C@H](O)[C@H]6O)c4O[C@@H]2[C@@H](O)C=C[C@H]3[C@H]1C5. The standard InChI is InChI=1S/C23H27NO9/c1-24-7-6-23-10-3-4-12(25)20(23)32-18-13(5-2-9(14(18)23)8-11(10)24)31-22-17(28)15(26)16(27)19(33-22)21(29)30/h2-5,10-12,15-17,19-20,22,25-28H,6-8H2,1H3,(H,29,30)/t10-,11+,12-,15-,16-,17+,19-,20+,22+,23+/m0/s1. The fourth-order valence-electron chi connectivity index (χ4n) is 6.60. The number of likely N-dealkylation sites (tertiary alicyclic amines) is 1. The molecule has 2 saturated heterocycles. The van der Waals surface area contributed by atoms with Crippen LogP contribution >= 0.6 is 0 Å². The summed E-state index contributed by atoms with van der Waals surface area (Å²) in [7, 11) is 2.12. The molecule has 2 fully saturated rings. The molecule has 0 unspecified atom stereocenters. The van der Waals surface area contributed by atoms with Crippen molar-refractivity contribution in [3.05, 3.63) is 35.4 Å². The van der Waals surface area contributed by atoms with Gasteiger partial charge in [0.1, 0.15) is 30.5 Å². The fourth-order valence-corrected chi connectivity index (χ4v) is 6.60. The van der Waals surface area contributed by atoms with Crippen molar-refractivity contribution in [1.29, 1.82) is 0 Å². The number of aliphatic hydroxyl groups excluding tert-OH is 4. The van der Waals surface area contributed by atoms with E-state index >= 15 is 0 Å². The molecule has 0 saturated carbocycles. The van der Waals surface area contributed by atoms with Crippen molar-refractivity contribution in [3.63, 3.8) is 0 Å². The van der Waals surface area contributed by atoms with Crippen molar-refractivity contribution in [2.24, 2.45) is 5.92 Å². The van der Waals surface area contributed by atoms with Gasteiger partial charge in [0.05, 0.1) is 0 Å². The van der Waals surface area contributed by atoms with Crippen LogP contribution < -0.4 is 9.47 Å². The van der Waals surface area contributed by atoms with Gasteiger partial charge >= 0.3 is 5.97 Å². The number of carboxylic acid groups (broad SMARTS) is 1. The molecule has 1 aromatic carbocycles. The molecule has 10 nitrogen and oxygen atoms in total. The molecule has 2 aliphatic carbocycles. The maximum atomic E-state index is 11.4. The molecular formula is C23H27NO9. The molecule has 1 aromatic rings. The van der Waals surface area contributed by atoms with E-state index in [4.69, 9.17) is 14.2 Å². The highest BCUT2D eigenvalue weighted by atomic mass is 16.7. The van der Waals surface area contributed by atoms with Gasteiger partial charge in [-0.05, 0) is 38.1 Å². The topological polar surface area (TPSA) is 149 Å². The van der Waals surface area contributed by atoms with Crippen molar-refractivity contribution in [2.45, 2.75) is 67.2 Å². The lowest BCUT2D eigenvalue weighted by molar-refractivity contribution is -0.271. The van der Waals surface area contributed by atoms with E-state index in [0.717, 1.165) is 30.5 Å². The summed E-state index contributed by atoms with van der Waals surface area (Å²) in [5.74, 6) is -0.625. The molecule has 5 N–H and O–H groups in total. The molecule has 3 heterocycles. The summed E-state index contributed by atoms with van der Waals surface area (Å²) in [4.78, 5) is 13.8. The third-order valence-corrected chi connectivity index (χ3v) is 8.19. The molecule has 33 heavy (non-hydrogen) atoms. The van der Waals surface area contributed by atoms with Crippen LogP contribution in [-0.2, 0) is 21.4 Å². The fraction of sp³-hybridized carbons (Fsp3) is 0.609. The van der Waals surface area contributed by atoms with E-state index in [9.17, 15) is 30.3 Å². The molecule has 5 aliphatic rings. The maximum Gasteiger partial charge on any atom is 0.335 e. The van der Waals surface area contributed by atoms with Crippen LogP contribution in [0.4, 0.5) is 0 Å². The Morgan fingerprint density at radius 2 is 1.94 bits per heavy atom. The van der Waals surface area contributed by atoms with Gasteiger partial charge in [0, 0.05) is 22.9 Å². The number of benzene rings is 1. The molecule has 0 radical (unpaired) electrons. The summed E-state index contributed by atoms with van der Waals surface area (Å²) in [5.41, 5.74) is 1.70. The number of hydrogen-bond acceptors (Lipinski definition) is 9. The molecule has 6 rings (SSSR count). The normalized spacial score (nSPS) is 45.3. The zero-order valence-corrected chi connectivity index (χ0v) is 17.9. The lowest BCUT2D eigenvalue weighted by Gasteiger charge is -2.56. The molecule has 0 amide bonds. The van der Waals surface area contributed by atoms with Crippen LogP contribution in [0.3, 0.4) is 0 Å². The predicted molar refractivity (Wildman–Crippen MR) is 111 cm³/mol. The van der Waals surface area contributed by atoms with Crippen molar-refractivity contribution >= 4 is 5.97 Å². The Morgan fingerprint density at radius 1 is 1.15 bits per heavy atom. The van der Waals surface area contributed by atoms with Gasteiger partial charge in [0.2, 0.25) is 6.29 Å². The third kappa shape index (κ3) is 2.73. The van der Waals surface area contributed by atoms with Crippen LogP contribution in [0.15, 0.2) is 24.3 Å². The minimum absolute atomic E-state index is 0.165. The zero-order valence-electron chi connectivity index (χ0n) is 17.9. The largest absolute Gasteiger partial charge is 0.482 e. The molecule has 3 aliphatic heterocycles. The number of carbonyl (C=O) groups is 1. The van der Waals surface area contributed by atoms with Crippen LogP contribution in [0.5, 0.6) is 11.5 Å². The first-order valence-electron chi connectivity index (χ1n) is 11.2. The number of rotatable bonds is 3. The number of nitrogens with zero attached hydrogens (tertiary/aromatic N) is 1. The Kier molecular flexibility index (Phi) is 4.62. The molecule has 178 valence electrons. The van der Waals surface area contributed by atoms with Crippen molar-refractivity contribution in [1.82, 2.24) is 4.90 Å². The van der Waals surface area contributed by atoms with Crippen LogP contribution in [0.25, 0.3) is 0 Å². The molecular weight excluding hydrogens is 434 g/mol. The molecule has 10 heteroatoms. The summed E-state index contributed by atoms with van der Waals surface area (Å²) < 4.78 is 17.5. The smallest absolute Gasteiger partial charge is 0.335 e. The highest BCUT2D eigenvalue weighted by Gasteiger charge is 2.64. The number of carboxylic acids is 1. The number of likely N-dealkylation sites (N-methyl/N-ethyl adjacent to an activating group) is 1. The number of ether oxygens (including phenoxy) is 3. The highest BCUT2D eigenvalue weighted by molar-refractivity contribution is 5.73. The summed E-state index contributed by atoms with van der Waals surface area (Å²) in [5, 5.41) is 50.6. The van der Waals surface area contributed by atoms with Crippen LogP contribution in [0.1, 0.15) is 17.5 Å². The Balaban J connectivity index is 1.41. The summed E-state index contributed by atoms with van der Waals surface area (Å²) in [6.07, 6.45) is -4.29. The lowest BCUT2D eigenvalue weighted by Crippen LogP contribution is -2.64. The monoisotopic (exact) mass is 461 g/mol. The van der Waals surface area contributed by atoms with E-state index in [2.05, 4.69) is 18.0 Å². The number of piperidine rings is 1. The molecule has 0 aromatic heterocycles. The predicted octanol–water partition coefficient (Wildman–Crippen LogP) is -1.24. The van der Waals surface area contributed by atoms with Crippen LogP contribution in [0, 0.1) is 5.92 Å². The van der Waals surface area contributed by atoms with Crippen LogP contribution in [-0.4, -0.2) is 98.9 Å². The van der Waals surface area contributed by atoms with E-state index in [1.807, 2.05) is 6.07 Å². The van der Waals surface area contributed by atoms with Gasteiger partial charge in [0.15, 0.2) is 17.6 Å². The van der Waals surface area contributed by atoms with Gasteiger partial charge in [-0.25, -0.2) is 4.79 Å². The first-order chi connectivity index (χ1) is 15.7. The van der Waals surface area contributed by atoms with Gasteiger partial charge in [0.25, 0.3) is 0 Å². The highest BCUT2D eigenvalue weighted by Crippen LogP contribution is 2.62. The van der Waals surface area contributed by atoms with Gasteiger partial charge in [-0.1, -0.05) is 18.2 Å². The first kappa shape index (κ1) is 21.3. The van der Waals surface area contributed by atoms with Gasteiger partial charge in [-0.15, -0.1) is 0 Å². The Labute approximate surface area is 189 Å². The maximum absolute atomic E-state index is 11.4. The zero-order chi connectivity index (χ0) is 23.2. The van der Waals surface area contributed by atoms with Crippen LogP contribution in [0.2, 0.25) is 0 Å². The summed E-state index contributed by atoms with van der Waals surface area (Å²) in [6, 6.07) is 3.90. The minimum atomic E-state index is -1.80. The van der Waals surface area contributed by atoms with Crippen molar-refractivity contribution in [3.8, 4) is 11.5 Å². The number of aliphatic carboxylic acids is 1. The van der Waals surface area contributed by atoms with E-state index in [1.165, 1.54) is 0 Å². The van der Waals surface area contributed by atoms with E-state index < -0.39 is 54.3 Å². The Morgan fingerprint density at radius 3 is 2.70 bits per heavy atom. The second kappa shape index (κ2) is 7.14. The number of hydrogen-bond donors (Lipinski definition) is 5. The average molecular weight is 461 g/mol. The quantitative estimate of drug-likeness (QED) is 0.346. The summed E-state index contributed by atoms with van der Waals surface area (Å²) in [6.45, 7) is 0.861. The van der Waals surface area contributed by atoms with E-state index in [-0.39, 0.29) is 17.7 Å². The number of aliphatic hydroxyl groups is 4. The van der Waals surface area contributed by atoms with E-state index in [0.29, 0.717) is 5.75 Å².